The molecule has 3 heterocycles. The van der Waals surface area contributed by atoms with Crippen LogP contribution in [0.2, 0.25) is 5.02 Å². The number of anilines is 1. The van der Waals surface area contributed by atoms with E-state index < -0.39 is 41.0 Å². The topological polar surface area (TPSA) is 86.1 Å². The Labute approximate surface area is 266 Å². The Balaban J connectivity index is 1.67. The monoisotopic (exact) mass is 672 g/mol. The Morgan fingerprint density at radius 3 is 2.44 bits per heavy atom. The van der Waals surface area contributed by atoms with Gasteiger partial charge in [0.05, 0.1) is 42.0 Å². The first-order valence-corrected chi connectivity index (χ1v) is 15.6. The molecule has 2 aliphatic rings. The van der Waals surface area contributed by atoms with E-state index in [9.17, 15) is 27.2 Å². The van der Waals surface area contributed by atoms with Gasteiger partial charge in [-0.2, -0.15) is 18.2 Å². The minimum atomic E-state index is -4.82. The van der Waals surface area contributed by atoms with Crippen molar-refractivity contribution in [2.24, 2.45) is 0 Å². The second kappa shape index (κ2) is 13.0. The minimum absolute atomic E-state index is 0.0493. The van der Waals surface area contributed by atoms with Crippen LogP contribution < -0.4 is 10.6 Å². The van der Waals surface area contributed by atoms with Crippen molar-refractivity contribution < 1.29 is 36.6 Å². The number of piperazine rings is 1. The van der Waals surface area contributed by atoms with Gasteiger partial charge in [0.25, 0.3) is 0 Å². The quantitative estimate of drug-likeness (QED) is 0.231. The van der Waals surface area contributed by atoms with Crippen LogP contribution in [0.3, 0.4) is 0 Å². The number of aromatic nitrogens is 2. The van der Waals surface area contributed by atoms with Gasteiger partial charge in [0.1, 0.15) is 17.2 Å². The number of carbonyl (C=O) groups is 1. The first kappa shape index (κ1) is 33.3. The number of hydrogen-bond acceptors (Lipinski definition) is 8. The molecule has 0 N–H and O–H groups in total. The van der Waals surface area contributed by atoms with Crippen molar-refractivity contribution >= 4 is 46.2 Å². The van der Waals surface area contributed by atoms with Gasteiger partial charge in [0, 0.05) is 54.9 Å². The van der Waals surface area contributed by atoms with E-state index in [1.165, 1.54) is 22.6 Å². The molecule has 0 spiro atoms. The summed E-state index contributed by atoms with van der Waals surface area (Å²) in [4.78, 5) is 34.0. The predicted octanol–water partition coefficient (Wildman–Crippen LogP) is 6.07. The maximum absolute atomic E-state index is 14.9. The molecule has 1 aromatic heterocycles. The third-order valence-corrected chi connectivity index (χ3v) is 8.90. The SMILES string of the molecule is COCCO[C@@H]1CSc2c(-c3ccc(F)c(Cl)c3)c(C(F)(F)F)cc3c(N4CCN(C(=O)OC(C)(C)C)CC4)nc(=O)n(c23)C1. The molecule has 45 heavy (non-hydrogen) atoms. The Hall–Kier alpha value is -3.07. The summed E-state index contributed by atoms with van der Waals surface area (Å²) < 4.78 is 76.5. The van der Waals surface area contributed by atoms with E-state index in [-0.39, 0.29) is 82.8 Å². The van der Waals surface area contributed by atoms with E-state index in [1.807, 2.05) is 0 Å². The molecule has 0 radical (unpaired) electrons. The van der Waals surface area contributed by atoms with E-state index in [2.05, 4.69) is 4.98 Å². The number of amides is 1. The highest BCUT2D eigenvalue weighted by molar-refractivity contribution is 7.99. The van der Waals surface area contributed by atoms with Crippen LogP contribution in [0, 0.1) is 5.82 Å². The average Bonchev–Trinajstić information content (AvgIpc) is 3.16. The molecule has 2 aliphatic heterocycles. The van der Waals surface area contributed by atoms with Crippen LogP contribution in [0.15, 0.2) is 34.0 Å². The zero-order chi connectivity index (χ0) is 32.7. The third-order valence-electron chi connectivity index (χ3n) is 7.38. The number of alkyl halides is 3. The molecule has 244 valence electrons. The van der Waals surface area contributed by atoms with Gasteiger partial charge in [-0.1, -0.05) is 17.7 Å². The lowest BCUT2D eigenvalue weighted by Crippen LogP contribution is -2.50. The number of benzene rings is 2. The largest absolute Gasteiger partial charge is 0.444 e. The van der Waals surface area contributed by atoms with Crippen molar-refractivity contribution in [2.75, 3.05) is 57.2 Å². The number of halogens is 5. The van der Waals surface area contributed by atoms with Crippen molar-refractivity contribution in [3.05, 3.63) is 51.2 Å². The molecule has 2 aromatic carbocycles. The number of carbonyl (C=O) groups excluding carboxylic acids is 1. The molecule has 1 atom stereocenters. The molecule has 0 saturated carbocycles. The molecule has 0 aliphatic carbocycles. The average molecular weight is 673 g/mol. The number of thioether (sulfide) groups is 1. The van der Waals surface area contributed by atoms with E-state index in [0.29, 0.717) is 6.61 Å². The second-order valence-electron chi connectivity index (χ2n) is 11.7. The highest BCUT2D eigenvalue weighted by Gasteiger charge is 2.39. The Bertz CT molecular complexity index is 1650. The number of nitrogens with zero attached hydrogens (tertiary/aromatic N) is 4. The number of ether oxygens (including phenoxy) is 3. The van der Waals surface area contributed by atoms with Crippen LogP contribution in [0.25, 0.3) is 22.0 Å². The van der Waals surface area contributed by atoms with E-state index >= 15 is 0 Å². The lowest BCUT2D eigenvalue weighted by molar-refractivity contribution is -0.137. The summed E-state index contributed by atoms with van der Waals surface area (Å²) in [5.74, 6) is -0.453. The van der Waals surface area contributed by atoms with E-state index in [1.54, 1.807) is 25.7 Å². The fourth-order valence-electron chi connectivity index (χ4n) is 5.36. The molecule has 1 amide bonds. The molecule has 15 heteroatoms. The summed E-state index contributed by atoms with van der Waals surface area (Å²) in [6.45, 7) is 6.70. The molecule has 0 unspecified atom stereocenters. The lowest BCUT2D eigenvalue weighted by Gasteiger charge is -2.36. The summed E-state index contributed by atoms with van der Waals surface area (Å²) >= 11 is 7.16. The maximum Gasteiger partial charge on any atom is 0.417 e. The molecule has 1 fully saturated rings. The summed E-state index contributed by atoms with van der Waals surface area (Å²) in [6.07, 6.45) is -5.86. The van der Waals surface area contributed by atoms with Crippen molar-refractivity contribution in [2.45, 2.75) is 50.1 Å². The van der Waals surface area contributed by atoms with Crippen LogP contribution in [-0.4, -0.2) is 84.5 Å². The van der Waals surface area contributed by atoms with Crippen molar-refractivity contribution in [1.82, 2.24) is 14.5 Å². The van der Waals surface area contributed by atoms with E-state index in [0.717, 1.165) is 30.0 Å². The fraction of sp³-hybridized carbons (Fsp3) is 0.500. The van der Waals surface area contributed by atoms with Crippen LogP contribution >= 0.6 is 23.4 Å². The first-order chi connectivity index (χ1) is 21.2. The summed E-state index contributed by atoms with van der Waals surface area (Å²) in [5, 5.41) is -0.201. The Morgan fingerprint density at radius 2 is 1.82 bits per heavy atom. The van der Waals surface area contributed by atoms with Gasteiger partial charge in [0.2, 0.25) is 0 Å². The third kappa shape index (κ3) is 7.18. The van der Waals surface area contributed by atoms with Crippen molar-refractivity contribution in [3.8, 4) is 11.1 Å². The zero-order valence-corrected chi connectivity index (χ0v) is 26.7. The normalized spacial score (nSPS) is 17.5. The van der Waals surface area contributed by atoms with Gasteiger partial charge >= 0.3 is 18.0 Å². The van der Waals surface area contributed by atoms with Crippen LogP contribution in [0.5, 0.6) is 0 Å². The smallest absolute Gasteiger partial charge is 0.417 e. The number of rotatable bonds is 6. The zero-order valence-electron chi connectivity index (χ0n) is 25.2. The standard InChI is InChI=1S/C30H33ClF4N4O5S/c1-29(2,3)44-28(41)38-9-7-37(8-10-38)26-19-14-20(30(33,34)35)23(17-5-6-22(32)21(31)13-17)25-24(19)39(27(40)36-26)15-18(16-45-25)43-12-11-42-4/h5-6,13-14,18H,7-12,15-16H2,1-4H3/t18-/m0/s1. The minimum Gasteiger partial charge on any atom is -0.444 e. The predicted molar refractivity (Wildman–Crippen MR) is 164 cm³/mol. The number of methoxy groups -OCH3 is 1. The summed E-state index contributed by atoms with van der Waals surface area (Å²) in [7, 11) is 1.52. The van der Waals surface area contributed by atoms with E-state index in [4.69, 9.17) is 25.8 Å². The number of hydrogen-bond donors (Lipinski definition) is 0. The van der Waals surface area contributed by atoms with Gasteiger partial charge in [-0.3, -0.25) is 4.57 Å². The first-order valence-electron chi connectivity index (χ1n) is 14.3. The van der Waals surface area contributed by atoms with Crippen LogP contribution in [0.1, 0.15) is 26.3 Å². The Kier molecular flexibility index (Phi) is 9.60. The van der Waals surface area contributed by atoms with Gasteiger partial charge in [0.15, 0.2) is 0 Å². The van der Waals surface area contributed by atoms with Gasteiger partial charge in [-0.25, -0.2) is 14.0 Å². The van der Waals surface area contributed by atoms with Crippen LogP contribution in [0.4, 0.5) is 28.2 Å². The Morgan fingerprint density at radius 1 is 1.11 bits per heavy atom. The molecule has 1 saturated heterocycles. The van der Waals surface area contributed by atoms with Gasteiger partial charge in [-0.15, -0.1) is 11.8 Å². The van der Waals surface area contributed by atoms with Crippen molar-refractivity contribution in [3.63, 3.8) is 0 Å². The summed E-state index contributed by atoms with van der Waals surface area (Å²) in [6, 6.07) is 4.41. The molecular formula is C30H33ClF4N4O5S. The molecular weight excluding hydrogens is 640 g/mol. The molecule has 3 aromatic rings. The molecule has 0 bridgehead atoms. The maximum atomic E-state index is 14.9. The molecule has 5 rings (SSSR count). The summed E-state index contributed by atoms with van der Waals surface area (Å²) in [5.41, 5.74) is -2.20. The van der Waals surface area contributed by atoms with Crippen LogP contribution in [-0.2, 0) is 26.9 Å². The van der Waals surface area contributed by atoms with Gasteiger partial charge < -0.3 is 24.0 Å². The lowest BCUT2D eigenvalue weighted by atomic mass is 9.96. The highest BCUT2D eigenvalue weighted by Crippen LogP contribution is 2.48. The fourth-order valence-corrected chi connectivity index (χ4v) is 6.83. The molecule has 9 nitrogen and oxygen atoms in total. The van der Waals surface area contributed by atoms with Gasteiger partial charge in [-0.05, 0) is 44.5 Å². The highest BCUT2D eigenvalue weighted by atomic mass is 35.5. The second-order valence-corrected chi connectivity index (χ2v) is 13.2. The van der Waals surface area contributed by atoms with Crippen molar-refractivity contribution in [1.29, 1.82) is 0 Å².